The Labute approximate surface area is 93.1 Å². The van der Waals surface area contributed by atoms with Gasteiger partial charge in [0.25, 0.3) is 0 Å². The first-order chi connectivity index (χ1) is 7.27. The van der Waals surface area contributed by atoms with Crippen molar-refractivity contribution in [1.82, 2.24) is 4.90 Å². The van der Waals surface area contributed by atoms with E-state index in [9.17, 15) is 0 Å². The first-order valence-electron chi connectivity index (χ1n) is 5.80. The van der Waals surface area contributed by atoms with E-state index < -0.39 is 0 Å². The van der Waals surface area contributed by atoms with Crippen molar-refractivity contribution in [1.29, 1.82) is 0 Å². The second kappa shape index (κ2) is 6.59. The lowest BCUT2D eigenvalue weighted by atomic mass is 10.0. The summed E-state index contributed by atoms with van der Waals surface area (Å²) in [6, 6.07) is 10.5. The van der Waals surface area contributed by atoms with Crippen LogP contribution in [0.5, 0.6) is 0 Å². The van der Waals surface area contributed by atoms with Gasteiger partial charge in [-0.05, 0) is 31.6 Å². The van der Waals surface area contributed by atoms with Gasteiger partial charge in [-0.2, -0.15) is 0 Å². The first-order valence-corrected chi connectivity index (χ1v) is 5.80. The Bertz CT molecular complexity index is 254. The van der Waals surface area contributed by atoms with E-state index in [2.05, 4.69) is 30.9 Å². The smallest absolute Gasteiger partial charge is 0.0307 e. The van der Waals surface area contributed by atoms with Crippen LogP contribution in [-0.4, -0.2) is 24.5 Å². The fourth-order valence-electron chi connectivity index (χ4n) is 1.73. The van der Waals surface area contributed by atoms with Gasteiger partial charge in [0, 0.05) is 6.04 Å². The quantitative estimate of drug-likeness (QED) is 0.774. The van der Waals surface area contributed by atoms with E-state index in [0.717, 1.165) is 26.1 Å². The van der Waals surface area contributed by atoms with Crippen molar-refractivity contribution < 1.29 is 0 Å². The summed E-state index contributed by atoms with van der Waals surface area (Å²) in [5.41, 5.74) is 7.37. The third kappa shape index (κ3) is 4.02. The molecule has 1 aromatic rings. The van der Waals surface area contributed by atoms with Crippen LogP contribution in [0.3, 0.4) is 0 Å². The third-order valence-corrected chi connectivity index (χ3v) is 2.88. The molecule has 84 valence electrons. The molecule has 1 atom stereocenters. The Hall–Kier alpha value is -0.860. The van der Waals surface area contributed by atoms with Crippen molar-refractivity contribution in [2.24, 2.45) is 5.73 Å². The van der Waals surface area contributed by atoms with Gasteiger partial charge in [0.1, 0.15) is 0 Å². The van der Waals surface area contributed by atoms with Gasteiger partial charge in [0.05, 0.1) is 0 Å². The molecule has 0 spiro atoms. The molecule has 0 aliphatic carbocycles. The average molecular weight is 206 g/mol. The van der Waals surface area contributed by atoms with Crippen molar-refractivity contribution in [3.63, 3.8) is 0 Å². The second-order valence-corrected chi connectivity index (χ2v) is 3.83. The van der Waals surface area contributed by atoms with Crippen LogP contribution in [-0.2, 0) is 0 Å². The summed E-state index contributed by atoms with van der Waals surface area (Å²) in [6.45, 7) is 7.69. The lowest BCUT2D eigenvalue weighted by Crippen LogP contribution is -2.27. The topological polar surface area (TPSA) is 29.3 Å². The molecule has 0 saturated heterocycles. The van der Waals surface area contributed by atoms with Gasteiger partial charge in [-0.25, -0.2) is 0 Å². The van der Waals surface area contributed by atoms with E-state index in [0.29, 0.717) is 0 Å². The van der Waals surface area contributed by atoms with Gasteiger partial charge in [0.2, 0.25) is 0 Å². The summed E-state index contributed by atoms with van der Waals surface area (Å²) in [6.07, 6.45) is 1.03. The molecular formula is C13H22N2. The van der Waals surface area contributed by atoms with Crippen molar-refractivity contribution >= 4 is 0 Å². The van der Waals surface area contributed by atoms with Crippen molar-refractivity contribution in [2.75, 3.05) is 19.6 Å². The average Bonchev–Trinajstić information content (AvgIpc) is 2.31. The minimum absolute atomic E-state index is 0.173. The molecule has 2 nitrogen and oxygen atoms in total. The van der Waals surface area contributed by atoms with Crippen LogP contribution in [0.15, 0.2) is 30.3 Å². The van der Waals surface area contributed by atoms with E-state index in [4.69, 9.17) is 5.73 Å². The van der Waals surface area contributed by atoms with E-state index in [1.54, 1.807) is 0 Å². The fraction of sp³-hybridized carbons (Fsp3) is 0.538. The Morgan fingerprint density at radius 1 is 1.13 bits per heavy atom. The molecule has 0 aliphatic heterocycles. The van der Waals surface area contributed by atoms with Gasteiger partial charge in [-0.15, -0.1) is 0 Å². The highest BCUT2D eigenvalue weighted by molar-refractivity contribution is 5.18. The van der Waals surface area contributed by atoms with Gasteiger partial charge < -0.3 is 10.6 Å². The molecule has 0 saturated carbocycles. The molecular weight excluding hydrogens is 184 g/mol. The summed E-state index contributed by atoms with van der Waals surface area (Å²) in [4.78, 5) is 2.41. The van der Waals surface area contributed by atoms with Crippen molar-refractivity contribution in [3.05, 3.63) is 35.9 Å². The van der Waals surface area contributed by atoms with Crippen molar-refractivity contribution in [2.45, 2.75) is 26.3 Å². The van der Waals surface area contributed by atoms with E-state index >= 15 is 0 Å². The maximum atomic E-state index is 6.13. The Morgan fingerprint density at radius 2 is 1.73 bits per heavy atom. The second-order valence-electron chi connectivity index (χ2n) is 3.83. The number of rotatable bonds is 6. The molecule has 1 unspecified atom stereocenters. The molecule has 0 fully saturated rings. The molecule has 0 heterocycles. The van der Waals surface area contributed by atoms with E-state index in [-0.39, 0.29) is 6.04 Å². The highest BCUT2D eigenvalue weighted by Gasteiger charge is 2.06. The van der Waals surface area contributed by atoms with Crippen LogP contribution in [0.25, 0.3) is 0 Å². The SMILES string of the molecule is CCN(CC)CCC(N)c1ccccc1. The Balaban J connectivity index is 2.39. The van der Waals surface area contributed by atoms with Gasteiger partial charge >= 0.3 is 0 Å². The van der Waals surface area contributed by atoms with E-state index in [1.165, 1.54) is 5.56 Å². The van der Waals surface area contributed by atoms with E-state index in [1.807, 2.05) is 18.2 Å². The summed E-state index contributed by atoms with van der Waals surface area (Å²) in [7, 11) is 0. The highest BCUT2D eigenvalue weighted by Crippen LogP contribution is 2.13. The van der Waals surface area contributed by atoms with Gasteiger partial charge in [-0.3, -0.25) is 0 Å². The molecule has 1 rings (SSSR count). The molecule has 0 aliphatic rings. The Kier molecular flexibility index (Phi) is 5.37. The fourth-order valence-corrected chi connectivity index (χ4v) is 1.73. The van der Waals surface area contributed by atoms with Crippen LogP contribution in [0.4, 0.5) is 0 Å². The number of nitrogens with zero attached hydrogens (tertiary/aromatic N) is 1. The van der Waals surface area contributed by atoms with Gasteiger partial charge in [-0.1, -0.05) is 44.2 Å². The summed E-state index contributed by atoms with van der Waals surface area (Å²) in [5, 5.41) is 0. The standard InChI is InChI=1S/C13H22N2/c1-3-15(4-2)11-10-13(14)12-8-6-5-7-9-12/h5-9,13H,3-4,10-11,14H2,1-2H3. The predicted molar refractivity (Wildman–Crippen MR) is 65.8 cm³/mol. The number of hydrogen-bond acceptors (Lipinski definition) is 2. The zero-order chi connectivity index (χ0) is 11.1. The molecule has 0 radical (unpaired) electrons. The minimum atomic E-state index is 0.173. The number of nitrogens with two attached hydrogens (primary N) is 1. The third-order valence-electron chi connectivity index (χ3n) is 2.88. The zero-order valence-electron chi connectivity index (χ0n) is 9.82. The lowest BCUT2D eigenvalue weighted by Gasteiger charge is -2.20. The lowest BCUT2D eigenvalue weighted by molar-refractivity contribution is 0.291. The maximum absolute atomic E-state index is 6.13. The monoisotopic (exact) mass is 206 g/mol. The largest absolute Gasteiger partial charge is 0.324 e. The summed E-state index contributed by atoms with van der Waals surface area (Å²) < 4.78 is 0. The van der Waals surface area contributed by atoms with Gasteiger partial charge in [0.15, 0.2) is 0 Å². The van der Waals surface area contributed by atoms with Crippen LogP contribution < -0.4 is 5.73 Å². The Morgan fingerprint density at radius 3 is 2.27 bits per heavy atom. The highest BCUT2D eigenvalue weighted by atomic mass is 15.1. The molecule has 1 aromatic carbocycles. The minimum Gasteiger partial charge on any atom is -0.324 e. The summed E-state index contributed by atoms with van der Waals surface area (Å²) >= 11 is 0. The van der Waals surface area contributed by atoms with Crippen LogP contribution in [0.2, 0.25) is 0 Å². The zero-order valence-corrected chi connectivity index (χ0v) is 9.82. The maximum Gasteiger partial charge on any atom is 0.0307 e. The van der Waals surface area contributed by atoms with Crippen molar-refractivity contribution in [3.8, 4) is 0 Å². The predicted octanol–water partition coefficient (Wildman–Crippen LogP) is 2.42. The molecule has 0 amide bonds. The number of hydrogen-bond donors (Lipinski definition) is 1. The molecule has 0 aromatic heterocycles. The van der Waals surface area contributed by atoms with Crippen LogP contribution in [0, 0.1) is 0 Å². The molecule has 0 bridgehead atoms. The van der Waals surface area contributed by atoms with Crippen LogP contribution in [0.1, 0.15) is 31.9 Å². The summed E-state index contributed by atoms with van der Waals surface area (Å²) in [5.74, 6) is 0. The molecule has 2 heteroatoms. The van der Waals surface area contributed by atoms with Crippen LogP contribution >= 0.6 is 0 Å². The molecule has 2 N–H and O–H groups in total. The number of benzene rings is 1. The normalized spacial score (nSPS) is 13.1. The first kappa shape index (κ1) is 12.2. The molecule has 15 heavy (non-hydrogen) atoms.